The Morgan fingerprint density at radius 1 is 1.17 bits per heavy atom. The van der Waals surface area contributed by atoms with Gasteiger partial charge in [-0.2, -0.15) is 0 Å². The Balaban J connectivity index is 1.99. The van der Waals surface area contributed by atoms with Crippen LogP contribution in [0.5, 0.6) is 0 Å². The Labute approximate surface area is 139 Å². The molecule has 0 radical (unpaired) electrons. The molecule has 2 amide bonds. The summed E-state index contributed by atoms with van der Waals surface area (Å²) in [4.78, 5) is 28.9. The number of aromatic nitrogens is 1. The third kappa shape index (κ3) is 5.10. The highest BCUT2D eigenvalue weighted by Crippen LogP contribution is 2.19. The van der Waals surface area contributed by atoms with Crippen LogP contribution < -0.4 is 10.6 Å². The topological polar surface area (TPSA) is 71.1 Å². The molecule has 2 N–H and O–H groups in total. The number of carbonyl (C=O) groups is 2. The van der Waals surface area contributed by atoms with E-state index in [1.54, 1.807) is 24.5 Å². The lowest BCUT2D eigenvalue weighted by Gasteiger charge is -2.10. The lowest BCUT2D eigenvalue weighted by atomic mass is 10.1. The number of carbonyl (C=O) groups excluding carboxylic acids is 2. The van der Waals surface area contributed by atoms with Crippen molar-refractivity contribution in [3.63, 3.8) is 0 Å². The van der Waals surface area contributed by atoms with Crippen LogP contribution in [0.4, 0.5) is 5.69 Å². The summed E-state index contributed by atoms with van der Waals surface area (Å²) in [5, 5.41) is 5.61. The van der Waals surface area contributed by atoms with Gasteiger partial charge in [0.25, 0.3) is 5.91 Å². The molecule has 0 unspecified atom stereocenters. The number of pyridine rings is 1. The van der Waals surface area contributed by atoms with Crippen LogP contribution >= 0.6 is 11.8 Å². The third-order valence-electron chi connectivity index (χ3n) is 3.13. The molecule has 0 fully saturated rings. The van der Waals surface area contributed by atoms with Crippen molar-refractivity contribution in [1.29, 1.82) is 0 Å². The van der Waals surface area contributed by atoms with Crippen LogP contribution in [0.2, 0.25) is 0 Å². The molecule has 2 rings (SSSR count). The van der Waals surface area contributed by atoms with E-state index >= 15 is 0 Å². The standard InChI is InChI=1S/C17H19N3O2S/c1-3-19-17(22)13-5-4-12(2)15(10-13)20-16(21)11-23-14-6-8-18-9-7-14/h4-10H,3,11H2,1-2H3,(H,19,22)(H,20,21). The summed E-state index contributed by atoms with van der Waals surface area (Å²) in [6, 6.07) is 9.00. The second-order valence-corrected chi connectivity index (χ2v) is 5.96. The molecule has 1 aromatic heterocycles. The van der Waals surface area contributed by atoms with E-state index in [0.717, 1.165) is 10.5 Å². The number of amides is 2. The molecule has 2 aromatic rings. The van der Waals surface area contributed by atoms with Crippen LogP contribution in [-0.2, 0) is 4.79 Å². The highest BCUT2D eigenvalue weighted by atomic mass is 32.2. The van der Waals surface area contributed by atoms with Gasteiger partial charge in [-0.3, -0.25) is 14.6 Å². The summed E-state index contributed by atoms with van der Waals surface area (Å²) in [5.41, 5.74) is 2.11. The van der Waals surface area contributed by atoms with Gasteiger partial charge in [0, 0.05) is 35.1 Å². The maximum absolute atomic E-state index is 12.1. The molecule has 0 aliphatic rings. The van der Waals surface area contributed by atoms with Crippen molar-refractivity contribution in [3.05, 3.63) is 53.9 Å². The van der Waals surface area contributed by atoms with Gasteiger partial charge in [0.1, 0.15) is 0 Å². The summed E-state index contributed by atoms with van der Waals surface area (Å²) in [5.74, 6) is 0.0478. The first-order chi connectivity index (χ1) is 11.1. The lowest BCUT2D eigenvalue weighted by molar-refractivity contribution is -0.113. The Hall–Kier alpha value is -2.34. The van der Waals surface area contributed by atoms with E-state index in [4.69, 9.17) is 0 Å². The van der Waals surface area contributed by atoms with Crippen molar-refractivity contribution in [2.45, 2.75) is 18.7 Å². The summed E-state index contributed by atoms with van der Waals surface area (Å²) < 4.78 is 0. The molecule has 0 bridgehead atoms. The molecule has 0 aliphatic heterocycles. The highest BCUT2D eigenvalue weighted by Gasteiger charge is 2.10. The van der Waals surface area contributed by atoms with Gasteiger partial charge >= 0.3 is 0 Å². The number of anilines is 1. The third-order valence-corrected chi connectivity index (χ3v) is 4.14. The maximum atomic E-state index is 12.1. The first-order valence-electron chi connectivity index (χ1n) is 7.31. The fourth-order valence-electron chi connectivity index (χ4n) is 1.93. The van der Waals surface area contributed by atoms with Crippen molar-refractivity contribution in [2.24, 2.45) is 0 Å². The van der Waals surface area contributed by atoms with Gasteiger partial charge in [-0.15, -0.1) is 11.8 Å². The summed E-state index contributed by atoms with van der Waals surface area (Å²) >= 11 is 1.44. The normalized spacial score (nSPS) is 10.2. The number of aryl methyl sites for hydroxylation is 1. The smallest absolute Gasteiger partial charge is 0.251 e. The Morgan fingerprint density at radius 3 is 2.61 bits per heavy atom. The largest absolute Gasteiger partial charge is 0.352 e. The highest BCUT2D eigenvalue weighted by molar-refractivity contribution is 8.00. The molecule has 1 heterocycles. The first-order valence-corrected chi connectivity index (χ1v) is 8.30. The van der Waals surface area contributed by atoms with Gasteiger partial charge < -0.3 is 10.6 Å². The molecule has 0 saturated carbocycles. The molecule has 5 nitrogen and oxygen atoms in total. The molecular formula is C17H19N3O2S. The molecule has 23 heavy (non-hydrogen) atoms. The summed E-state index contributed by atoms with van der Waals surface area (Å²) in [6.07, 6.45) is 3.39. The van der Waals surface area contributed by atoms with Gasteiger partial charge in [0.15, 0.2) is 0 Å². The van der Waals surface area contributed by atoms with Crippen LogP contribution in [0, 0.1) is 6.92 Å². The Kier molecular flexibility index (Phi) is 6.17. The zero-order valence-corrected chi connectivity index (χ0v) is 13.9. The zero-order valence-electron chi connectivity index (χ0n) is 13.1. The number of nitrogens with one attached hydrogen (secondary N) is 2. The maximum Gasteiger partial charge on any atom is 0.251 e. The van der Waals surface area contributed by atoms with Crippen molar-refractivity contribution in [1.82, 2.24) is 10.3 Å². The second-order valence-electron chi connectivity index (χ2n) is 4.91. The number of hydrogen-bond acceptors (Lipinski definition) is 4. The van der Waals surface area contributed by atoms with E-state index in [1.807, 2.05) is 32.0 Å². The SMILES string of the molecule is CCNC(=O)c1ccc(C)c(NC(=O)CSc2ccncc2)c1. The summed E-state index contributed by atoms with van der Waals surface area (Å²) in [6.45, 7) is 4.33. The van der Waals surface area contributed by atoms with Crippen LogP contribution in [0.1, 0.15) is 22.8 Å². The van der Waals surface area contributed by atoms with Crippen molar-refractivity contribution >= 4 is 29.3 Å². The van der Waals surface area contributed by atoms with Crippen LogP contribution in [0.15, 0.2) is 47.6 Å². The molecule has 0 atom stereocenters. The predicted molar refractivity (Wildman–Crippen MR) is 92.8 cm³/mol. The Morgan fingerprint density at radius 2 is 1.91 bits per heavy atom. The van der Waals surface area contributed by atoms with Crippen molar-refractivity contribution in [3.8, 4) is 0 Å². The second kappa shape index (κ2) is 8.33. The van der Waals surface area contributed by atoms with Gasteiger partial charge in [0.2, 0.25) is 5.91 Å². The zero-order chi connectivity index (χ0) is 16.7. The molecular weight excluding hydrogens is 310 g/mol. The number of rotatable bonds is 6. The monoisotopic (exact) mass is 329 g/mol. The molecule has 0 saturated heterocycles. The number of benzene rings is 1. The number of thioether (sulfide) groups is 1. The summed E-state index contributed by atoms with van der Waals surface area (Å²) in [7, 11) is 0. The van der Waals surface area contributed by atoms with Crippen LogP contribution in [0.3, 0.4) is 0 Å². The van der Waals surface area contributed by atoms with Crippen LogP contribution in [0.25, 0.3) is 0 Å². The molecule has 120 valence electrons. The van der Waals surface area contributed by atoms with Crippen LogP contribution in [-0.4, -0.2) is 29.1 Å². The number of hydrogen-bond donors (Lipinski definition) is 2. The fourth-order valence-corrected chi connectivity index (χ4v) is 2.61. The van der Waals surface area contributed by atoms with E-state index in [0.29, 0.717) is 23.5 Å². The van der Waals surface area contributed by atoms with E-state index in [1.165, 1.54) is 11.8 Å². The quantitative estimate of drug-likeness (QED) is 0.800. The van der Waals surface area contributed by atoms with Gasteiger partial charge in [-0.25, -0.2) is 0 Å². The molecule has 0 spiro atoms. The average molecular weight is 329 g/mol. The molecule has 6 heteroatoms. The molecule has 0 aliphatic carbocycles. The molecule has 1 aromatic carbocycles. The first kappa shape index (κ1) is 17.0. The van der Waals surface area contributed by atoms with Gasteiger partial charge in [-0.1, -0.05) is 6.07 Å². The van der Waals surface area contributed by atoms with E-state index in [9.17, 15) is 9.59 Å². The number of nitrogens with zero attached hydrogens (tertiary/aromatic N) is 1. The lowest BCUT2D eigenvalue weighted by Crippen LogP contribution is -2.23. The van der Waals surface area contributed by atoms with Crippen molar-refractivity contribution in [2.75, 3.05) is 17.6 Å². The minimum atomic E-state index is -0.144. The van der Waals surface area contributed by atoms with Crippen molar-refractivity contribution < 1.29 is 9.59 Å². The minimum Gasteiger partial charge on any atom is -0.352 e. The fraction of sp³-hybridized carbons (Fsp3) is 0.235. The van der Waals surface area contributed by atoms with E-state index in [-0.39, 0.29) is 11.8 Å². The predicted octanol–water partition coefficient (Wildman–Crippen LogP) is 2.87. The minimum absolute atomic E-state index is 0.108. The average Bonchev–Trinajstić information content (AvgIpc) is 2.56. The Bertz CT molecular complexity index is 689. The van der Waals surface area contributed by atoms with E-state index in [2.05, 4.69) is 15.6 Å². The van der Waals surface area contributed by atoms with Gasteiger partial charge in [-0.05, 0) is 43.7 Å². The van der Waals surface area contributed by atoms with E-state index < -0.39 is 0 Å². The van der Waals surface area contributed by atoms with Gasteiger partial charge in [0.05, 0.1) is 5.75 Å².